The van der Waals surface area contributed by atoms with Crippen LogP contribution in [0.25, 0.3) is 11.0 Å². The van der Waals surface area contributed by atoms with E-state index in [0.717, 1.165) is 0 Å². The summed E-state index contributed by atoms with van der Waals surface area (Å²) in [6.07, 6.45) is 1.84. The zero-order valence-corrected chi connectivity index (χ0v) is 14.5. The van der Waals surface area contributed by atoms with Gasteiger partial charge in [0.05, 0.1) is 18.4 Å². The van der Waals surface area contributed by atoms with E-state index in [-0.39, 0.29) is 17.3 Å². The highest BCUT2D eigenvalue weighted by molar-refractivity contribution is 6.32. The van der Waals surface area contributed by atoms with Gasteiger partial charge in [0.25, 0.3) is 5.91 Å². The van der Waals surface area contributed by atoms with Crippen molar-refractivity contribution in [2.75, 3.05) is 5.32 Å². The van der Waals surface area contributed by atoms with Gasteiger partial charge in [-0.25, -0.2) is 4.98 Å². The molecule has 0 saturated heterocycles. The number of phenols is 1. The Balaban J connectivity index is 1.61. The number of amides is 1. The molecule has 0 saturated carbocycles. The van der Waals surface area contributed by atoms with Crippen LogP contribution in [-0.2, 0) is 20.7 Å². The Morgan fingerprint density at radius 1 is 1.38 bits per heavy atom. The monoisotopic (exact) mass is 374 g/mol. The van der Waals surface area contributed by atoms with Crippen LogP contribution in [0.15, 0.2) is 47.2 Å². The van der Waals surface area contributed by atoms with E-state index in [9.17, 15) is 14.7 Å². The van der Waals surface area contributed by atoms with E-state index in [1.807, 2.05) is 0 Å². The van der Waals surface area contributed by atoms with Crippen molar-refractivity contribution in [2.24, 2.45) is 0 Å². The fourth-order valence-corrected chi connectivity index (χ4v) is 2.54. The summed E-state index contributed by atoms with van der Waals surface area (Å²) in [6.45, 7) is 1.46. The Kier molecular flexibility index (Phi) is 5.09. The van der Waals surface area contributed by atoms with Crippen molar-refractivity contribution in [1.29, 1.82) is 0 Å². The van der Waals surface area contributed by atoms with Crippen LogP contribution in [0.2, 0.25) is 5.15 Å². The molecule has 7 nitrogen and oxygen atoms in total. The SMILES string of the molecule is C[C@H](OC(=O)Cc1coc2cc(O)ccc12)C(=O)Nc1cccnc1Cl. The van der Waals surface area contributed by atoms with Gasteiger partial charge in [-0.2, -0.15) is 0 Å². The number of aromatic hydroxyl groups is 1. The maximum Gasteiger partial charge on any atom is 0.311 e. The number of ether oxygens (including phenoxy) is 1. The lowest BCUT2D eigenvalue weighted by atomic mass is 10.1. The number of halogens is 1. The lowest BCUT2D eigenvalue weighted by Crippen LogP contribution is -2.30. The van der Waals surface area contributed by atoms with E-state index in [1.54, 1.807) is 18.2 Å². The minimum atomic E-state index is -1.01. The van der Waals surface area contributed by atoms with Crippen molar-refractivity contribution < 1.29 is 23.8 Å². The first kappa shape index (κ1) is 17.8. The van der Waals surface area contributed by atoms with Crippen LogP contribution in [0.1, 0.15) is 12.5 Å². The smallest absolute Gasteiger partial charge is 0.311 e. The molecule has 0 unspecified atom stereocenters. The number of phenolic OH excluding ortho intramolecular Hbond substituents is 1. The first-order valence-corrected chi connectivity index (χ1v) is 8.12. The van der Waals surface area contributed by atoms with Crippen molar-refractivity contribution in [3.63, 3.8) is 0 Å². The Morgan fingerprint density at radius 3 is 2.96 bits per heavy atom. The number of nitrogens with one attached hydrogen (secondary N) is 1. The molecule has 2 heterocycles. The fourth-order valence-electron chi connectivity index (χ4n) is 2.37. The number of benzene rings is 1. The van der Waals surface area contributed by atoms with Gasteiger partial charge in [0.1, 0.15) is 11.3 Å². The van der Waals surface area contributed by atoms with Gasteiger partial charge in [-0.05, 0) is 31.2 Å². The van der Waals surface area contributed by atoms with Gasteiger partial charge in [0, 0.05) is 23.2 Å². The minimum Gasteiger partial charge on any atom is -0.508 e. The second-order valence-electron chi connectivity index (χ2n) is 5.58. The molecule has 8 heteroatoms. The molecule has 1 atom stereocenters. The van der Waals surface area contributed by atoms with Crippen LogP contribution in [0.5, 0.6) is 5.75 Å². The average Bonchev–Trinajstić information content (AvgIpc) is 2.98. The molecule has 3 rings (SSSR count). The molecule has 2 N–H and O–H groups in total. The molecule has 3 aromatic rings. The number of carbonyl (C=O) groups is 2. The third-order valence-electron chi connectivity index (χ3n) is 3.67. The van der Waals surface area contributed by atoms with Crippen molar-refractivity contribution in [3.05, 3.63) is 53.5 Å². The Hall–Kier alpha value is -3.06. The average molecular weight is 375 g/mol. The van der Waals surface area contributed by atoms with Crippen molar-refractivity contribution in [2.45, 2.75) is 19.4 Å². The molecule has 0 radical (unpaired) electrons. The van der Waals surface area contributed by atoms with Crippen LogP contribution in [0.3, 0.4) is 0 Å². The number of esters is 1. The third kappa shape index (κ3) is 3.94. The van der Waals surface area contributed by atoms with E-state index in [4.69, 9.17) is 20.8 Å². The fraction of sp³-hybridized carbons (Fsp3) is 0.167. The molecule has 0 aliphatic heterocycles. The molecular formula is C18H15ClN2O5. The summed E-state index contributed by atoms with van der Waals surface area (Å²) in [7, 11) is 0. The van der Waals surface area contributed by atoms with Crippen molar-refractivity contribution >= 4 is 40.1 Å². The molecule has 1 aromatic carbocycles. The predicted octanol–water partition coefficient (Wildman–Crippen LogP) is 3.30. The lowest BCUT2D eigenvalue weighted by Gasteiger charge is -2.13. The third-order valence-corrected chi connectivity index (χ3v) is 3.97. The van der Waals surface area contributed by atoms with Crippen LogP contribution in [0, 0.1) is 0 Å². The minimum absolute atomic E-state index is 0.0664. The summed E-state index contributed by atoms with van der Waals surface area (Å²) in [6, 6.07) is 7.82. The molecule has 0 aliphatic carbocycles. The van der Waals surface area contributed by atoms with E-state index >= 15 is 0 Å². The maximum atomic E-state index is 12.1. The molecular weight excluding hydrogens is 360 g/mol. The van der Waals surface area contributed by atoms with Crippen molar-refractivity contribution in [1.82, 2.24) is 4.98 Å². The molecule has 0 fully saturated rings. The highest BCUT2D eigenvalue weighted by Crippen LogP contribution is 2.25. The van der Waals surface area contributed by atoms with Gasteiger partial charge < -0.3 is 19.6 Å². The number of anilines is 1. The van der Waals surface area contributed by atoms with E-state index in [2.05, 4.69) is 10.3 Å². The van der Waals surface area contributed by atoms with Gasteiger partial charge >= 0.3 is 5.97 Å². The molecule has 134 valence electrons. The number of nitrogens with zero attached hydrogens (tertiary/aromatic N) is 1. The predicted molar refractivity (Wildman–Crippen MR) is 95.0 cm³/mol. The van der Waals surface area contributed by atoms with Gasteiger partial charge in [-0.3, -0.25) is 9.59 Å². The number of furan rings is 1. The van der Waals surface area contributed by atoms with Crippen LogP contribution < -0.4 is 5.32 Å². The zero-order valence-electron chi connectivity index (χ0n) is 13.7. The number of pyridine rings is 1. The summed E-state index contributed by atoms with van der Waals surface area (Å²) >= 11 is 5.88. The Labute approximate surface area is 153 Å². The maximum absolute atomic E-state index is 12.1. The molecule has 0 aliphatic rings. The summed E-state index contributed by atoms with van der Waals surface area (Å²) in [5.41, 5.74) is 1.40. The van der Waals surface area contributed by atoms with E-state index in [0.29, 0.717) is 22.2 Å². The highest BCUT2D eigenvalue weighted by Gasteiger charge is 2.20. The van der Waals surface area contributed by atoms with Crippen LogP contribution in [-0.4, -0.2) is 28.1 Å². The summed E-state index contributed by atoms with van der Waals surface area (Å²) < 4.78 is 10.5. The van der Waals surface area contributed by atoms with Gasteiger partial charge in [-0.1, -0.05) is 11.6 Å². The number of rotatable bonds is 5. The zero-order chi connectivity index (χ0) is 18.7. The Morgan fingerprint density at radius 2 is 2.19 bits per heavy atom. The number of aromatic nitrogens is 1. The van der Waals surface area contributed by atoms with E-state index < -0.39 is 18.0 Å². The molecule has 0 bridgehead atoms. The lowest BCUT2D eigenvalue weighted by molar-refractivity contribution is -0.152. The second kappa shape index (κ2) is 7.45. The summed E-state index contributed by atoms with van der Waals surface area (Å²) in [5, 5.41) is 12.8. The quantitative estimate of drug-likeness (QED) is 0.524. The normalized spacial score (nSPS) is 11.9. The first-order valence-electron chi connectivity index (χ1n) is 7.74. The molecule has 0 spiro atoms. The first-order chi connectivity index (χ1) is 12.4. The summed E-state index contributed by atoms with van der Waals surface area (Å²) in [5.74, 6) is -1.03. The van der Waals surface area contributed by atoms with Gasteiger partial charge in [0.2, 0.25) is 0 Å². The van der Waals surface area contributed by atoms with Gasteiger partial charge in [0.15, 0.2) is 11.3 Å². The van der Waals surface area contributed by atoms with Gasteiger partial charge in [-0.15, -0.1) is 0 Å². The highest BCUT2D eigenvalue weighted by atomic mass is 35.5. The van der Waals surface area contributed by atoms with Crippen molar-refractivity contribution in [3.8, 4) is 5.75 Å². The van der Waals surface area contributed by atoms with Crippen LogP contribution >= 0.6 is 11.6 Å². The second-order valence-corrected chi connectivity index (χ2v) is 5.94. The number of hydrogen-bond acceptors (Lipinski definition) is 6. The van der Waals surface area contributed by atoms with Crippen LogP contribution in [0.4, 0.5) is 5.69 Å². The topological polar surface area (TPSA) is 102 Å². The standard InChI is InChI=1S/C18H15ClN2O5/c1-10(18(24)21-14-3-2-6-20-17(14)19)26-16(23)7-11-9-25-15-8-12(22)4-5-13(11)15/h2-6,8-10,22H,7H2,1H3,(H,21,24)/t10-/m0/s1. The number of carbonyl (C=O) groups excluding carboxylic acids is 2. The number of hydrogen-bond donors (Lipinski definition) is 2. The largest absolute Gasteiger partial charge is 0.508 e. The molecule has 1 amide bonds. The van der Waals surface area contributed by atoms with E-state index in [1.165, 1.54) is 31.5 Å². The number of fused-ring (bicyclic) bond motifs is 1. The molecule has 26 heavy (non-hydrogen) atoms. The Bertz CT molecular complexity index is 969. The summed E-state index contributed by atoms with van der Waals surface area (Å²) in [4.78, 5) is 28.1. The molecule has 2 aromatic heterocycles.